The predicted molar refractivity (Wildman–Crippen MR) is 106 cm³/mol. The van der Waals surface area contributed by atoms with Gasteiger partial charge >= 0.3 is 0 Å². The minimum Gasteiger partial charge on any atom is -0.457 e. The second-order valence-electron chi connectivity index (χ2n) is 6.48. The number of aliphatic hydroxyl groups excluding tert-OH is 1. The highest BCUT2D eigenvalue weighted by Crippen LogP contribution is 2.26. The van der Waals surface area contributed by atoms with Gasteiger partial charge in [-0.15, -0.1) is 12.4 Å². The van der Waals surface area contributed by atoms with Crippen LogP contribution in [0, 0.1) is 5.82 Å². The first-order chi connectivity index (χ1) is 13.0. The summed E-state index contributed by atoms with van der Waals surface area (Å²) in [5.74, 6) is -0.206. The summed E-state index contributed by atoms with van der Waals surface area (Å²) < 4.78 is 25.1. The highest BCUT2D eigenvalue weighted by molar-refractivity contribution is 5.95. The third-order valence-electron chi connectivity index (χ3n) is 4.59. The van der Waals surface area contributed by atoms with Crippen molar-refractivity contribution in [2.45, 2.75) is 18.6 Å². The van der Waals surface area contributed by atoms with Crippen LogP contribution in [0.1, 0.15) is 15.9 Å². The number of amides is 1. The largest absolute Gasteiger partial charge is 0.457 e. The maximum Gasteiger partial charge on any atom is 0.257 e. The van der Waals surface area contributed by atoms with E-state index in [1.807, 2.05) is 12.1 Å². The summed E-state index contributed by atoms with van der Waals surface area (Å²) in [6.07, 6.45) is -0.475. The van der Waals surface area contributed by atoms with Crippen LogP contribution in [-0.2, 0) is 11.2 Å². The standard InChI is InChI=1S/C20H23FN2O4.ClH/c1-26-19-12-23(11-18(19)24)20(25)16-10-15(6-7-17(16)21)27-14-4-2-13(3-5-14)8-9-22;/h2-7,10,18-19,24H,8-9,11-12,22H2,1H3;1H/t18-,19-;/m0./s1. The first-order valence-electron chi connectivity index (χ1n) is 8.78. The number of benzene rings is 2. The Bertz CT molecular complexity index is 803. The molecule has 28 heavy (non-hydrogen) atoms. The Labute approximate surface area is 169 Å². The van der Waals surface area contributed by atoms with Gasteiger partial charge in [-0.1, -0.05) is 12.1 Å². The zero-order chi connectivity index (χ0) is 19.4. The molecule has 2 atom stereocenters. The second kappa shape index (κ2) is 9.84. The van der Waals surface area contributed by atoms with Gasteiger partial charge in [-0.25, -0.2) is 4.39 Å². The lowest BCUT2D eigenvalue weighted by atomic mass is 10.1. The quantitative estimate of drug-likeness (QED) is 0.763. The number of ether oxygens (including phenoxy) is 2. The number of carbonyl (C=O) groups excluding carboxylic acids is 1. The molecule has 1 amide bonds. The van der Waals surface area contributed by atoms with Crippen LogP contribution in [0.25, 0.3) is 0 Å². The number of methoxy groups -OCH3 is 1. The molecule has 1 heterocycles. The third-order valence-corrected chi connectivity index (χ3v) is 4.59. The van der Waals surface area contributed by atoms with Gasteiger partial charge in [0.15, 0.2) is 0 Å². The number of hydrogen-bond acceptors (Lipinski definition) is 5. The van der Waals surface area contributed by atoms with Crippen molar-refractivity contribution >= 4 is 18.3 Å². The second-order valence-corrected chi connectivity index (χ2v) is 6.48. The Morgan fingerprint density at radius 2 is 1.89 bits per heavy atom. The monoisotopic (exact) mass is 410 g/mol. The Morgan fingerprint density at radius 3 is 2.50 bits per heavy atom. The van der Waals surface area contributed by atoms with Crippen LogP contribution < -0.4 is 10.5 Å². The number of hydrogen-bond donors (Lipinski definition) is 2. The molecule has 0 unspecified atom stereocenters. The molecule has 152 valence electrons. The molecule has 0 aliphatic carbocycles. The molecule has 2 aromatic rings. The zero-order valence-electron chi connectivity index (χ0n) is 15.5. The summed E-state index contributed by atoms with van der Waals surface area (Å²) in [7, 11) is 1.47. The summed E-state index contributed by atoms with van der Waals surface area (Å²) in [6.45, 7) is 0.882. The molecule has 1 aliphatic rings. The van der Waals surface area contributed by atoms with Crippen LogP contribution in [0.4, 0.5) is 4.39 Å². The van der Waals surface area contributed by atoms with E-state index in [-0.39, 0.29) is 31.1 Å². The number of nitrogens with zero attached hydrogens (tertiary/aromatic N) is 1. The molecule has 3 rings (SSSR count). The molecule has 0 spiro atoms. The van der Waals surface area contributed by atoms with Crippen molar-refractivity contribution in [1.29, 1.82) is 0 Å². The molecule has 1 fully saturated rings. The minimum absolute atomic E-state index is 0. The minimum atomic E-state index is -0.784. The number of likely N-dealkylation sites (tertiary alicyclic amines) is 1. The van der Waals surface area contributed by atoms with Crippen LogP contribution in [0.5, 0.6) is 11.5 Å². The maximum absolute atomic E-state index is 14.2. The lowest BCUT2D eigenvalue weighted by Crippen LogP contribution is -2.30. The highest BCUT2D eigenvalue weighted by atomic mass is 35.5. The Kier molecular flexibility index (Phi) is 7.77. The van der Waals surface area contributed by atoms with Gasteiger partial charge in [0.05, 0.1) is 11.7 Å². The molecular formula is C20H24ClFN2O4. The number of halogens is 2. The van der Waals surface area contributed by atoms with Crippen LogP contribution >= 0.6 is 12.4 Å². The van der Waals surface area contributed by atoms with Crippen LogP contribution in [0.15, 0.2) is 42.5 Å². The van der Waals surface area contributed by atoms with Crippen LogP contribution in [-0.4, -0.2) is 54.9 Å². The molecule has 0 radical (unpaired) electrons. The fraction of sp³-hybridized carbons (Fsp3) is 0.350. The van der Waals surface area contributed by atoms with E-state index in [1.165, 1.54) is 30.2 Å². The van der Waals surface area contributed by atoms with Crippen LogP contribution in [0.2, 0.25) is 0 Å². The number of rotatable bonds is 6. The zero-order valence-corrected chi connectivity index (χ0v) is 16.3. The molecule has 8 heteroatoms. The van der Waals surface area contributed by atoms with Gasteiger partial charge in [0, 0.05) is 20.2 Å². The van der Waals surface area contributed by atoms with Gasteiger partial charge in [0.1, 0.15) is 23.4 Å². The molecule has 0 aromatic heterocycles. The van der Waals surface area contributed by atoms with Gasteiger partial charge in [-0.3, -0.25) is 4.79 Å². The first-order valence-corrected chi connectivity index (χ1v) is 8.78. The van der Waals surface area contributed by atoms with Gasteiger partial charge in [-0.05, 0) is 48.9 Å². The molecule has 6 nitrogen and oxygen atoms in total. The van der Waals surface area contributed by atoms with E-state index in [1.54, 1.807) is 12.1 Å². The van der Waals surface area contributed by atoms with Crippen molar-refractivity contribution in [1.82, 2.24) is 4.90 Å². The van der Waals surface area contributed by atoms with Crippen molar-refractivity contribution in [3.8, 4) is 11.5 Å². The van der Waals surface area contributed by atoms with E-state index in [2.05, 4.69) is 0 Å². The fourth-order valence-electron chi connectivity index (χ4n) is 3.08. The fourth-order valence-corrected chi connectivity index (χ4v) is 3.08. The lowest BCUT2D eigenvalue weighted by Gasteiger charge is -2.17. The third kappa shape index (κ3) is 4.99. The van der Waals surface area contributed by atoms with Crippen LogP contribution in [0.3, 0.4) is 0 Å². The van der Waals surface area contributed by atoms with E-state index < -0.39 is 23.9 Å². The van der Waals surface area contributed by atoms with Crippen molar-refractivity contribution in [3.63, 3.8) is 0 Å². The Balaban J connectivity index is 0.00000280. The summed E-state index contributed by atoms with van der Waals surface area (Å²) >= 11 is 0. The van der Waals surface area contributed by atoms with E-state index in [9.17, 15) is 14.3 Å². The predicted octanol–water partition coefficient (Wildman–Crippen LogP) is 2.37. The van der Waals surface area contributed by atoms with E-state index >= 15 is 0 Å². The Hall–Kier alpha value is -2.19. The SMILES string of the molecule is CO[C@H]1CN(C(=O)c2cc(Oc3ccc(CCN)cc3)ccc2F)C[C@@H]1O.Cl. The summed E-state index contributed by atoms with van der Waals surface area (Å²) in [5.41, 5.74) is 6.53. The van der Waals surface area contributed by atoms with Gasteiger partial charge in [0.2, 0.25) is 0 Å². The topological polar surface area (TPSA) is 85.0 Å². The number of β-amino-alcohol motifs (C(OH)–C–C–N with tert-alkyl or cyclic N) is 1. The van der Waals surface area contributed by atoms with Crippen molar-refractivity contribution in [2.24, 2.45) is 5.73 Å². The van der Waals surface area contributed by atoms with E-state index in [4.69, 9.17) is 15.2 Å². The molecule has 1 aliphatic heterocycles. The number of carbonyl (C=O) groups is 1. The molecule has 1 saturated heterocycles. The van der Waals surface area contributed by atoms with E-state index in [0.717, 1.165) is 12.0 Å². The lowest BCUT2D eigenvalue weighted by molar-refractivity contribution is 0.0215. The average Bonchev–Trinajstić information content (AvgIpc) is 3.05. The molecule has 0 bridgehead atoms. The van der Waals surface area contributed by atoms with Crippen molar-refractivity contribution in [2.75, 3.05) is 26.7 Å². The number of nitrogens with two attached hydrogens (primary N) is 1. The number of aliphatic hydroxyl groups is 1. The summed E-state index contributed by atoms with van der Waals surface area (Å²) in [6, 6.07) is 11.5. The maximum atomic E-state index is 14.2. The highest BCUT2D eigenvalue weighted by Gasteiger charge is 2.35. The van der Waals surface area contributed by atoms with Crippen molar-refractivity contribution in [3.05, 3.63) is 59.4 Å². The van der Waals surface area contributed by atoms with Gasteiger partial charge in [-0.2, -0.15) is 0 Å². The van der Waals surface area contributed by atoms with Gasteiger partial charge in [0.25, 0.3) is 5.91 Å². The molecule has 2 aromatic carbocycles. The molecular weight excluding hydrogens is 387 g/mol. The summed E-state index contributed by atoms with van der Waals surface area (Å²) in [4.78, 5) is 14.0. The molecule has 0 saturated carbocycles. The summed E-state index contributed by atoms with van der Waals surface area (Å²) in [5, 5.41) is 9.89. The Morgan fingerprint density at radius 1 is 1.21 bits per heavy atom. The molecule has 3 N–H and O–H groups in total. The normalized spacial score (nSPS) is 18.6. The van der Waals surface area contributed by atoms with E-state index in [0.29, 0.717) is 18.0 Å². The average molecular weight is 411 g/mol. The van der Waals surface area contributed by atoms with Crippen molar-refractivity contribution < 1.29 is 23.8 Å². The first kappa shape index (κ1) is 22.1. The van der Waals surface area contributed by atoms with Gasteiger partial charge < -0.3 is 25.2 Å². The smallest absolute Gasteiger partial charge is 0.257 e.